The Labute approximate surface area is 153 Å². The number of hydrogen-bond donors (Lipinski definition) is 2. The van der Waals surface area contributed by atoms with Crippen LogP contribution in [0.5, 0.6) is 0 Å². The molecule has 0 spiro atoms. The van der Waals surface area contributed by atoms with Gasteiger partial charge >= 0.3 is 0 Å². The molecular formula is C19H37N5O. The molecule has 6 heteroatoms. The first-order chi connectivity index (χ1) is 12.1. The van der Waals surface area contributed by atoms with Crippen molar-refractivity contribution in [2.75, 3.05) is 46.8 Å². The lowest BCUT2D eigenvalue weighted by Crippen LogP contribution is -2.48. The highest BCUT2D eigenvalue weighted by atomic mass is 16.2. The van der Waals surface area contributed by atoms with Gasteiger partial charge in [-0.15, -0.1) is 0 Å². The van der Waals surface area contributed by atoms with Crippen molar-refractivity contribution in [3.05, 3.63) is 0 Å². The molecule has 6 nitrogen and oxygen atoms in total. The maximum absolute atomic E-state index is 12.2. The van der Waals surface area contributed by atoms with Crippen LogP contribution in [0.1, 0.15) is 51.9 Å². The average Bonchev–Trinajstić information content (AvgIpc) is 3.15. The van der Waals surface area contributed by atoms with Crippen molar-refractivity contribution in [1.29, 1.82) is 0 Å². The third-order valence-corrected chi connectivity index (χ3v) is 5.51. The second-order valence-electron chi connectivity index (χ2n) is 7.59. The standard InChI is InChI=1S/C19H37N5O/c1-4-20-19(22-15-18(25)24-12-8-9-13-24)21-14-17(23(2)3)16-10-6-5-7-11-16/h16-17H,4-15H2,1-3H3,(H2,20,21,22). The number of nitrogens with one attached hydrogen (secondary N) is 2. The highest BCUT2D eigenvalue weighted by Crippen LogP contribution is 2.28. The summed E-state index contributed by atoms with van der Waals surface area (Å²) >= 11 is 0. The van der Waals surface area contributed by atoms with E-state index in [-0.39, 0.29) is 12.5 Å². The highest BCUT2D eigenvalue weighted by molar-refractivity contribution is 5.85. The molecule has 1 amide bonds. The molecule has 144 valence electrons. The minimum atomic E-state index is 0.145. The zero-order chi connectivity index (χ0) is 18.1. The van der Waals surface area contributed by atoms with Gasteiger partial charge in [0.1, 0.15) is 6.54 Å². The predicted octanol–water partition coefficient (Wildman–Crippen LogP) is 1.67. The van der Waals surface area contributed by atoms with Gasteiger partial charge < -0.3 is 20.4 Å². The Kier molecular flexibility index (Phi) is 8.52. The molecule has 0 aromatic carbocycles. The third kappa shape index (κ3) is 6.49. The molecule has 0 aromatic heterocycles. The Morgan fingerprint density at radius 3 is 2.40 bits per heavy atom. The molecule has 1 unspecified atom stereocenters. The Hall–Kier alpha value is -1.30. The van der Waals surface area contributed by atoms with E-state index in [4.69, 9.17) is 0 Å². The van der Waals surface area contributed by atoms with Crippen LogP contribution in [0, 0.1) is 5.92 Å². The number of nitrogens with zero attached hydrogens (tertiary/aromatic N) is 3. The summed E-state index contributed by atoms with van der Waals surface area (Å²) in [4.78, 5) is 21.0. The van der Waals surface area contributed by atoms with Gasteiger partial charge in [-0.1, -0.05) is 19.3 Å². The van der Waals surface area contributed by atoms with Crippen LogP contribution in [0.3, 0.4) is 0 Å². The van der Waals surface area contributed by atoms with Crippen molar-refractivity contribution in [3.63, 3.8) is 0 Å². The molecule has 1 saturated carbocycles. The van der Waals surface area contributed by atoms with E-state index in [1.807, 2.05) is 4.90 Å². The molecule has 1 saturated heterocycles. The Bertz CT molecular complexity index is 426. The normalized spacial score (nSPS) is 20.8. The first-order valence-electron chi connectivity index (χ1n) is 10.1. The number of hydrogen-bond acceptors (Lipinski definition) is 3. The first kappa shape index (κ1) is 20.0. The Morgan fingerprint density at radius 2 is 1.80 bits per heavy atom. The smallest absolute Gasteiger partial charge is 0.244 e. The van der Waals surface area contributed by atoms with E-state index in [0.717, 1.165) is 50.9 Å². The summed E-state index contributed by atoms with van der Waals surface area (Å²) < 4.78 is 0. The molecule has 2 aliphatic rings. The van der Waals surface area contributed by atoms with Crippen molar-refractivity contribution in [3.8, 4) is 0 Å². The van der Waals surface area contributed by atoms with Crippen LogP contribution in [0.25, 0.3) is 0 Å². The number of carbonyl (C=O) groups is 1. The number of rotatable bonds is 7. The maximum atomic E-state index is 12.2. The fraction of sp³-hybridized carbons (Fsp3) is 0.895. The van der Waals surface area contributed by atoms with Crippen molar-refractivity contribution in [2.45, 2.75) is 57.9 Å². The van der Waals surface area contributed by atoms with Crippen LogP contribution in [-0.4, -0.2) is 74.5 Å². The quantitative estimate of drug-likeness (QED) is 0.541. The van der Waals surface area contributed by atoms with E-state index >= 15 is 0 Å². The van der Waals surface area contributed by atoms with Crippen LogP contribution in [0.4, 0.5) is 0 Å². The molecule has 1 aliphatic heterocycles. The number of aliphatic imine (C=N–C) groups is 1. The second-order valence-corrected chi connectivity index (χ2v) is 7.59. The lowest BCUT2D eigenvalue weighted by molar-refractivity contribution is -0.128. The Morgan fingerprint density at radius 1 is 1.12 bits per heavy atom. The van der Waals surface area contributed by atoms with Crippen LogP contribution in [0.2, 0.25) is 0 Å². The minimum Gasteiger partial charge on any atom is -0.357 e. The number of carbonyl (C=O) groups excluding carboxylic acids is 1. The maximum Gasteiger partial charge on any atom is 0.244 e. The molecule has 0 radical (unpaired) electrons. The van der Waals surface area contributed by atoms with Gasteiger partial charge in [-0.2, -0.15) is 0 Å². The van der Waals surface area contributed by atoms with Gasteiger partial charge in [-0.3, -0.25) is 4.79 Å². The zero-order valence-corrected chi connectivity index (χ0v) is 16.4. The highest BCUT2D eigenvalue weighted by Gasteiger charge is 2.25. The summed E-state index contributed by atoms with van der Waals surface area (Å²) in [6.45, 7) is 5.77. The van der Waals surface area contributed by atoms with Gasteiger partial charge in [-0.25, -0.2) is 4.99 Å². The topological polar surface area (TPSA) is 60.0 Å². The molecule has 0 bridgehead atoms. The van der Waals surface area contributed by atoms with Crippen LogP contribution >= 0.6 is 0 Å². The van der Waals surface area contributed by atoms with Crippen LogP contribution in [-0.2, 0) is 4.79 Å². The summed E-state index contributed by atoms with van der Waals surface area (Å²) in [7, 11) is 4.34. The lowest BCUT2D eigenvalue weighted by Gasteiger charge is -2.35. The number of amides is 1. The predicted molar refractivity (Wildman–Crippen MR) is 104 cm³/mol. The lowest BCUT2D eigenvalue weighted by atomic mass is 9.83. The zero-order valence-electron chi connectivity index (χ0n) is 16.4. The van der Waals surface area contributed by atoms with Crippen molar-refractivity contribution in [2.24, 2.45) is 10.9 Å². The van der Waals surface area contributed by atoms with E-state index < -0.39 is 0 Å². The summed E-state index contributed by atoms with van der Waals surface area (Å²) in [5.74, 6) is 1.66. The minimum absolute atomic E-state index is 0.145. The largest absolute Gasteiger partial charge is 0.357 e. The second kappa shape index (κ2) is 10.6. The van der Waals surface area contributed by atoms with Gasteiger partial charge in [0.15, 0.2) is 5.96 Å². The third-order valence-electron chi connectivity index (χ3n) is 5.51. The van der Waals surface area contributed by atoms with E-state index in [1.165, 1.54) is 32.1 Å². The Balaban J connectivity index is 1.87. The van der Waals surface area contributed by atoms with E-state index in [1.54, 1.807) is 0 Å². The summed E-state index contributed by atoms with van der Waals surface area (Å²) in [5.41, 5.74) is 0. The van der Waals surface area contributed by atoms with E-state index in [9.17, 15) is 4.79 Å². The van der Waals surface area contributed by atoms with Crippen molar-refractivity contribution < 1.29 is 4.79 Å². The molecule has 2 N–H and O–H groups in total. The summed E-state index contributed by atoms with van der Waals surface area (Å²) in [6.07, 6.45) is 8.99. The molecule has 1 atom stereocenters. The fourth-order valence-corrected chi connectivity index (χ4v) is 4.05. The number of likely N-dealkylation sites (N-methyl/N-ethyl adjacent to an activating group) is 1. The van der Waals surface area contributed by atoms with Gasteiger partial charge in [0.05, 0.1) is 0 Å². The van der Waals surface area contributed by atoms with E-state index in [2.05, 4.69) is 41.5 Å². The van der Waals surface area contributed by atoms with Gasteiger partial charge in [0, 0.05) is 32.2 Å². The summed E-state index contributed by atoms with van der Waals surface area (Å²) in [6, 6.07) is 0.512. The monoisotopic (exact) mass is 351 g/mol. The molecular weight excluding hydrogens is 314 g/mol. The first-order valence-corrected chi connectivity index (χ1v) is 10.1. The summed E-state index contributed by atoms with van der Waals surface area (Å²) in [5, 5.41) is 6.75. The molecule has 25 heavy (non-hydrogen) atoms. The van der Waals surface area contributed by atoms with E-state index in [0.29, 0.717) is 6.04 Å². The molecule has 1 aliphatic carbocycles. The number of likely N-dealkylation sites (tertiary alicyclic amines) is 1. The molecule has 0 aromatic rings. The van der Waals surface area contributed by atoms with Crippen molar-refractivity contribution in [1.82, 2.24) is 20.4 Å². The molecule has 1 heterocycles. The average molecular weight is 352 g/mol. The number of guanidine groups is 1. The van der Waals surface area contributed by atoms with Crippen LogP contribution < -0.4 is 10.6 Å². The molecule has 2 fully saturated rings. The van der Waals surface area contributed by atoms with Gasteiger partial charge in [-0.05, 0) is 52.6 Å². The SMILES string of the molecule is CCNC(=NCC(=O)N1CCCC1)NCC(C1CCCCC1)N(C)C. The van der Waals surface area contributed by atoms with Gasteiger partial charge in [0.25, 0.3) is 0 Å². The van der Waals surface area contributed by atoms with Crippen molar-refractivity contribution >= 4 is 11.9 Å². The molecule has 2 rings (SSSR count). The van der Waals surface area contributed by atoms with Gasteiger partial charge in [0.2, 0.25) is 5.91 Å². The van der Waals surface area contributed by atoms with Crippen LogP contribution in [0.15, 0.2) is 4.99 Å². The fourth-order valence-electron chi connectivity index (χ4n) is 4.05.